The zero-order valence-electron chi connectivity index (χ0n) is 41.6. The normalized spacial score (nSPS) is 12.8. The van der Waals surface area contributed by atoms with Crippen LogP contribution >= 0.6 is 0 Å². The predicted molar refractivity (Wildman–Crippen MR) is 269 cm³/mol. The van der Waals surface area contributed by atoms with Crippen LogP contribution in [0.3, 0.4) is 0 Å². The van der Waals surface area contributed by atoms with Gasteiger partial charge in [-0.1, -0.05) is 250 Å². The lowest BCUT2D eigenvalue weighted by Gasteiger charge is -2.20. The number of carbonyl (C=O) groups excluding carboxylic acids is 2. The van der Waals surface area contributed by atoms with Crippen molar-refractivity contribution in [3.63, 3.8) is 0 Å². The summed E-state index contributed by atoms with van der Waals surface area (Å²) < 4.78 is 5.46. The highest BCUT2D eigenvalue weighted by Gasteiger charge is 2.18. The molecule has 62 heavy (non-hydrogen) atoms. The second kappa shape index (κ2) is 52.0. The monoisotopic (exact) mass is 874 g/mol. The molecule has 0 spiro atoms. The van der Waals surface area contributed by atoms with Crippen LogP contribution in [0.2, 0.25) is 0 Å². The fourth-order valence-corrected chi connectivity index (χ4v) is 8.45. The highest BCUT2D eigenvalue weighted by atomic mass is 16.5. The summed E-state index contributed by atoms with van der Waals surface area (Å²) in [6.07, 6.45) is 62.0. The van der Waals surface area contributed by atoms with Gasteiger partial charge < -0.3 is 20.3 Å². The molecular weight excluding hydrogens is 767 g/mol. The van der Waals surface area contributed by atoms with Gasteiger partial charge in [0.15, 0.2) is 0 Å². The highest BCUT2D eigenvalue weighted by molar-refractivity contribution is 5.76. The molecule has 0 heterocycles. The SMILES string of the molecule is CCCCCCCCCC/C=C/C(O)C(CO)NC(=O)CCCCCCCCCC/C=C\CCCCCCCCCCCCCCOC(=O)CCCCCCCCCCCCC. The average molecular weight is 874 g/mol. The lowest BCUT2D eigenvalue weighted by Crippen LogP contribution is -2.45. The molecule has 0 aromatic heterocycles. The molecule has 3 N–H and O–H groups in total. The molecule has 2 unspecified atom stereocenters. The Morgan fingerprint density at radius 2 is 0.758 bits per heavy atom. The van der Waals surface area contributed by atoms with E-state index in [0.717, 1.165) is 38.5 Å². The van der Waals surface area contributed by atoms with Crippen LogP contribution in [0.4, 0.5) is 0 Å². The van der Waals surface area contributed by atoms with E-state index in [1.165, 1.54) is 231 Å². The van der Waals surface area contributed by atoms with Crippen LogP contribution in [-0.4, -0.2) is 47.4 Å². The molecule has 366 valence electrons. The number of nitrogens with one attached hydrogen (secondary N) is 1. The van der Waals surface area contributed by atoms with E-state index in [1.807, 2.05) is 6.08 Å². The summed E-state index contributed by atoms with van der Waals surface area (Å²) >= 11 is 0. The molecule has 0 saturated carbocycles. The Balaban J connectivity index is 3.40. The fraction of sp³-hybridized carbons (Fsp3) is 0.893. The maximum atomic E-state index is 12.4. The zero-order valence-corrected chi connectivity index (χ0v) is 41.6. The number of hydrogen-bond donors (Lipinski definition) is 3. The summed E-state index contributed by atoms with van der Waals surface area (Å²) in [6.45, 7) is 4.88. The molecule has 6 heteroatoms. The van der Waals surface area contributed by atoms with Gasteiger partial charge in [0.1, 0.15) is 0 Å². The molecular formula is C56H107NO5. The number of hydrogen-bond acceptors (Lipinski definition) is 5. The maximum Gasteiger partial charge on any atom is 0.305 e. The zero-order chi connectivity index (χ0) is 45.1. The van der Waals surface area contributed by atoms with Crippen molar-refractivity contribution in [2.45, 2.75) is 309 Å². The summed E-state index contributed by atoms with van der Waals surface area (Å²) in [4.78, 5) is 24.4. The van der Waals surface area contributed by atoms with Crippen molar-refractivity contribution in [2.75, 3.05) is 13.2 Å². The third kappa shape index (κ3) is 47.8. The van der Waals surface area contributed by atoms with Crippen molar-refractivity contribution in [1.82, 2.24) is 5.32 Å². The van der Waals surface area contributed by atoms with Gasteiger partial charge in [-0.05, 0) is 57.8 Å². The summed E-state index contributed by atoms with van der Waals surface area (Å²) in [6, 6.07) is -0.628. The number of rotatable bonds is 51. The van der Waals surface area contributed by atoms with Crippen molar-refractivity contribution >= 4 is 11.9 Å². The molecule has 0 saturated heterocycles. The molecule has 0 fully saturated rings. The van der Waals surface area contributed by atoms with E-state index in [-0.39, 0.29) is 18.5 Å². The third-order valence-corrected chi connectivity index (χ3v) is 12.7. The van der Waals surface area contributed by atoms with E-state index in [4.69, 9.17) is 4.74 Å². The first kappa shape index (κ1) is 60.3. The van der Waals surface area contributed by atoms with Gasteiger partial charge in [-0.15, -0.1) is 0 Å². The average Bonchev–Trinajstić information content (AvgIpc) is 3.27. The van der Waals surface area contributed by atoms with Crippen molar-refractivity contribution in [3.05, 3.63) is 24.3 Å². The fourth-order valence-electron chi connectivity index (χ4n) is 8.45. The number of amides is 1. The molecule has 1 amide bonds. The number of carbonyl (C=O) groups is 2. The van der Waals surface area contributed by atoms with Gasteiger partial charge in [0.2, 0.25) is 5.91 Å². The summed E-state index contributed by atoms with van der Waals surface area (Å²) in [7, 11) is 0. The van der Waals surface area contributed by atoms with Crippen molar-refractivity contribution in [3.8, 4) is 0 Å². The Kier molecular flexibility index (Phi) is 50.6. The minimum Gasteiger partial charge on any atom is -0.466 e. The molecule has 0 aromatic carbocycles. The van der Waals surface area contributed by atoms with E-state index in [9.17, 15) is 19.8 Å². The maximum absolute atomic E-state index is 12.4. The quantitative estimate of drug-likeness (QED) is 0.0321. The van der Waals surface area contributed by atoms with E-state index in [0.29, 0.717) is 19.4 Å². The molecule has 0 radical (unpaired) electrons. The Hall–Kier alpha value is -1.66. The third-order valence-electron chi connectivity index (χ3n) is 12.7. The van der Waals surface area contributed by atoms with Crippen LogP contribution in [0.1, 0.15) is 296 Å². The van der Waals surface area contributed by atoms with Crippen LogP contribution in [0, 0.1) is 0 Å². The molecule has 0 rings (SSSR count). The van der Waals surface area contributed by atoms with Crippen LogP contribution in [0.5, 0.6) is 0 Å². The number of esters is 1. The minimum absolute atomic E-state index is 0.0114. The van der Waals surface area contributed by atoms with E-state index < -0.39 is 12.1 Å². The number of allylic oxidation sites excluding steroid dienone is 3. The lowest BCUT2D eigenvalue weighted by molar-refractivity contribution is -0.143. The van der Waals surface area contributed by atoms with Crippen molar-refractivity contribution in [1.29, 1.82) is 0 Å². The number of aliphatic hydroxyl groups excluding tert-OH is 2. The van der Waals surface area contributed by atoms with Crippen LogP contribution in [0.25, 0.3) is 0 Å². The van der Waals surface area contributed by atoms with Crippen molar-refractivity contribution < 1.29 is 24.5 Å². The second-order valence-corrected chi connectivity index (χ2v) is 18.9. The summed E-state index contributed by atoms with van der Waals surface area (Å²) in [5, 5.41) is 22.9. The molecule has 6 nitrogen and oxygen atoms in total. The Labute approximate surface area is 386 Å². The molecule has 0 aliphatic carbocycles. The first-order chi connectivity index (χ1) is 30.5. The highest BCUT2D eigenvalue weighted by Crippen LogP contribution is 2.16. The number of unbranched alkanes of at least 4 members (excludes halogenated alkanes) is 38. The molecule has 0 aromatic rings. The van der Waals surface area contributed by atoms with E-state index in [1.54, 1.807) is 6.08 Å². The van der Waals surface area contributed by atoms with Gasteiger partial charge in [0, 0.05) is 12.8 Å². The van der Waals surface area contributed by atoms with Gasteiger partial charge in [-0.25, -0.2) is 0 Å². The first-order valence-corrected chi connectivity index (χ1v) is 27.6. The van der Waals surface area contributed by atoms with Crippen molar-refractivity contribution in [2.24, 2.45) is 0 Å². The van der Waals surface area contributed by atoms with Gasteiger partial charge >= 0.3 is 5.97 Å². The topological polar surface area (TPSA) is 95.9 Å². The van der Waals surface area contributed by atoms with Crippen LogP contribution in [0.15, 0.2) is 24.3 Å². The number of aliphatic hydroxyl groups is 2. The van der Waals surface area contributed by atoms with Gasteiger partial charge in [0.05, 0.1) is 25.4 Å². The number of ether oxygens (including phenoxy) is 1. The van der Waals surface area contributed by atoms with Crippen LogP contribution in [-0.2, 0) is 14.3 Å². The standard InChI is InChI=1S/C56H107NO5/c1-3-5-7-9-11-13-29-34-38-42-46-50-56(61)62-51-47-43-39-35-31-28-26-24-22-20-18-16-15-17-19-21-23-25-27-30-33-37-41-45-49-55(60)57-53(52-58)54(59)48-44-40-36-32-14-12-10-8-6-4-2/h17,19,44,48,53-54,58-59H,3-16,18,20-43,45-47,49-52H2,1-2H3,(H,57,60)/b19-17-,48-44+. The van der Waals surface area contributed by atoms with E-state index >= 15 is 0 Å². The largest absolute Gasteiger partial charge is 0.466 e. The summed E-state index contributed by atoms with van der Waals surface area (Å²) in [5.74, 6) is -0.0628. The smallest absolute Gasteiger partial charge is 0.305 e. The minimum atomic E-state index is -0.844. The summed E-state index contributed by atoms with van der Waals surface area (Å²) in [5.41, 5.74) is 0. The molecule has 2 atom stereocenters. The van der Waals surface area contributed by atoms with Gasteiger partial charge in [0.25, 0.3) is 0 Å². The second-order valence-electron chi connectivity index (χ2n) is 18.9. The Bertz CT molecular complexity index is 966. The molecule has 0 bridgehead atoms. The van der Waals surface area contributed by atoms with Gasteiger partial charge in [-0.3, -0.25) is 9.59 Å². The first-order valence-electron chi connectivity index (χ1n) is 27.6. The van der Waals surface area contributed by atoms with E-state index in [2.05, 4.69) is 31.3 Å². The Morgan fingerprint density at radius 1 is 0.435 bits per heavy atom. The predicted octanol–water partition coefficient (Wildman–Crippen LogP) is 16.7. The van der Waals surface area contributed by atoms with Gasteiger partial charge in [-0.2, -0.15) is 0 Å². The molecule has 0 aliphatic heterocycles. The molecule has 0 aliphatic rings. The Morgan fingerprint density at radius 3 is 1.15 bits per heavy atom. The van der Waals surface area contributed by atoms with Crippen LogP contribution < -0.4 is 5.32 Å². The lowest BCUT2D eigenvalue weighted by atomic mass is 10.0.